The zero-order valence-corrected chi connectivity index (χ0v) is 14.4. The van der Waals surface area contributed by atoms with Gasteiger partial charge in [-0.05, 0) is 50.2 Å². The van der Waals surface area contributed by atoms with E-state index in [1.54, 1.807) is 18.2 Å². The van der Waals surface area contributed by atoms with Crippen molar-refractivity contribution in [2.45, 2.75) is 18.9 Å². The maximum atomic E-state index is 14.4. The molecule has 1 fully saturated rings. The number of halogens is 3. The molecule has 132 valence electrons. The van der Waals surface area contributed by atoms with Crippen LogP contribution in [0.4, 0.5) is 8.78 Å². The topological polar surface area (TPSA) is 32.3 Å². The van der Waals surface area contributed by atoms with Crippen LogP contribution in [0.2, 0.25) is 5.02 Å². The van der Waals surface area contributed by atoms with Crippen LogP contribution in [0.3, 0.4) is 0 Å². The molecule has 1 amide bonds. The van der Waals surface area contributed by atoms with Crippen LogP contribution < -0.4 is 5.32 Å². The van der Waals surface area contributed by atoms with Crippen molar-refractivity contribution in [3.8, 4) is 0 Å². The van der Waals surface area contributed by atoms with Gasteiger partial charge in [0.05, 0.1) is 11.6 Å². The van der Waals surface area contributed by atoms with Gasteiger partial charge in [0, 0.05) is 17.1 Å². The smallest absolute Gasteiger partial charge is 0.254 e. The zero-order chi connectivity index (χ0) is 17.8. The SMILES string of the molecule is O=C(NCC(c1c(F)cccc1Cl)N1CCCC1)c1ccccc1F. The Bertz CT molecular complexity index is 743. The molecule has 1 heterocycles. The summed E-state index contributed by atoms with van der Waals surface area (Å²) in [4.78, 5) is 14.4. The minimum absolute atomic E-state index is 0.0256. The lowest BCUT2D eigenvalue weighted by Gasteiger charge is -2.29. The van der Waals surface area contributed by atoms with Crippen molar-refractivity contribution in [3.05, 3.63) is 70.2 Å². The average Bonchev–Trinajstić information content (AvgIpc) is 3.12. The standard InChI is InChI=1S/C19H19ClF2N2O/c20-14-7-5-9-16(22)18(14)17(24-10-3-4-11-24)12-23-19(25)13-6-1-2-8-15(13)21/h1-2,5-9,17H,3-4,10-12H2,(H,23,25). The van der Waals surface area contributed by atoms with Crippen LogP contribution in [0.1, 0.15) is 34.8 Å². The molecule has 2 aromatic carbocycles. The number of benzene rings is 2. The molecule has 1 saturated heterocycles. The van der Waals surface area contributed by atoms with E-state index in [4.69, 9.17) is 11.6 Å². The average molecular weight is 365 g/mol. The van der Waals surface area contributed by atoms with E-state index >= 15 is 0 Å². The van der Waals surface area contributed by atoms with Crippen LogP contribution in [-0.4, -0.2) is 30.4 Å². The first-order chi connectivity index (χ1) is 12.1. The van der Waals surface area contributed by atoms with E-state index in [0.29, 0.717) is 10.6 Å². The number of nitrogens with one attached hydrogen (secondary N) is 1. The summed E-state index contributed by atoms with van der Waals surface area (Å²) in [5, 5.41) is 3.05. The van der Waals surface area contributed by atoms with Crippen molar-refractivity contribution in [1.82, 2.24) is 10.2 Å². The van der Waals surface area contributed by atoms with Crippen molar-refractivity contribution >= 4 is 17.5 Å². The molecule has 2 aromatic rings. The zero-order valence-electron chi connectivity index (χ0n) is 13.6. The monoisotopic (exact) mass is 364 g/mol. The quantitative estimate of drug-likeness (QED) is 0.863. The number of hydrogen-bond donors (Lipinski definition) is 1. The van der Waals surface area contributed by atoms with Gasteiger partial charge in [-0.3, -0.25) is 9.69 Å². The summed E-state index contributed by atoms with van der Waals surface area (Å²) in [5.41, 5.74) is 0.349. The van der Waals surface area contributed by atoms with E-state index < -0.39 is 17.5 Å². The largest absolute Gasteiger partial charge is 0.350 e. The Morgan fingerprint density at radius 3 is 2.44 bits per heavy atom. The fraction of sp³-hybridized carbons (Fsp3) is 0.316. The highest BCUT2D eigenvalue weighted by atomic mass is 35.5. The Morgan fingerprint density at radius 2 is 1.76 bits per heavy atom. The third-order valence-electron chi connectivity index (χ3n) is 4.49. The van der Waals surface area contributed by atoms with E-state index in [1.807, 2.05) is 0 Å². The molecule has 0 radical (unpaired) electrons. The van der Waals surface area contributed by atoms with Gasteiger partial charge >= 0.3 is 0 Å². The third kappa shape index (κ3) is 3.99. The van der Waals surface area contributed by atoms with Crippen LogP contribution >= 0.6 is 11.6 Å². The third-order valence-corrected chi connectivity index (χ3v) is 4.82. The molecule has 0 aromatic heterocycles. The summed E-state index contributed by atoms with van der Waals surface area (Å²) in [6.07, 6.45) is 2.04. The summed E-state index contributed by atoms with van der Waals surface area (Å²) in [6.45, 7) is 1.78. The Morgan fingerprint density at radius 1 is 1.08 bits per heavy atom. The molecule has 25 heavy (non-hydrogen) atoms. The first-order valence-electron chi connectivity index (χ1n) is 8.28. The Hall–Kier alpha value is -1.98. The molecule has 0 spiro atoms. The Kier molecular flexibility index (Phi) is 5.66. The second kappa shape index (κ2) is 7.93. The molecule has 0 aliphatic carbocycles. The van der Waals surface area contributed by atoms with Gasteiger partial charge in [0.15, 0.2) is 0 Å². The Balaban J connectivity index is 1.81. The lowest BCUT2D eigenvalue weighted by atomic mass is 10.0. The normalized spacial score (nSPS) is 16.0. The van der Waals surface area contributed by atoms with E-state index in [2.05, 4.69) is 10.2 Å². The number of amides is 1. The van der Waals surface area contributed by atoms with Crippen molar-refractivity contribution < 1.29 is 13.6 Å². The predicted octanol–water partition coefficient (Wildman–Crippen LogP) is 4.19. The molecule has 0 saturated carbocycles. The molecule has 1 unspecified atom stereocenters. The van der Waals surface area contributed by atoms with Crippen molar-refractivity contribution in [3.63, 3.8) is 0 Å². The van der Waals surface area contributed by atoms with Crippen LogP contribution in [-0.2, 0) is 0 Å². The second-order valence-electron chi connectivity index (χ2n) is 6.08. The minimum Gasteiger partial charge on any atom is -0.350 e. The van der Waals surface area contributed by atoms with E-state index in [-0.39, 0.29) is 18.2 Å². The van der Waals surface area contributed by atoms with Gasteiger partial charge < -0.3 is 5.32 Å². The number of rotatable bonds is 5. The van der Waals surface area contributed by atoms with Gasteiger partial charge in [-0.1, -0.05) is 29.8 Å². The van der Waals surface area contributed by atoms with Crippen LogP contribution in [0, 0.1) is 11.6 Å². The number of carbonyl (C=O) groups excluding carboxylic acids is 1. The van der Waals surface area contributed by atoms with Crippen LogP contribution in [0.5, 0.6) is 0 Å². The highest BCUT2D eigenvalue weighted by Gasteiger charge is 2.28. The van der Waals surface area contributed by atoms with Gasteiger partial charge in [-0.2, -0.15) is 0 Å². The highest BCUT2D eigenvalue weighted by Crippen LogP contribution is 2.32. The summed E-state index contributed by atoms with van der Waals surface area (Å²) < 4.78 is 28.1. The van der Waals surface area contributed by atoms with Gasteiger partial charge in [0.1, 0.15) is 11.6 Å². The molecule has 1 aliphatic rings. The molecular formula is C19H19ClF2N2O. The van der Waals surface area contributed by atoms with Gasteiger partial charge in [0.2, 0.25) is 0 Å². The fourth-order valence-corrected chi connectivity index (χ4v) is 3.51. The maximum Gasteiger partial charge on any atom is 0.254 e. The second-order valence-corrected chi connectivity index (χ2v) is 6.49. The van der Waals surface area contributed by atoms with Gasteiger partial charge in [-0.15, -0.1) is 0 Å². The van der Waals surface area contributed by atoms with E-state index in [1.165, 1.54) is 24.3 Å². The van der Waals surface area contributed by atoms with Crippen molar-refractivity contribution in [2.24, 2.45) is 0 Å². The van der Waals surface area contributed by atoms with E-state index in [9.17, 15) is 13.6 Å². The van der Waals surface area contributed by atoms with Crippen LogP contribution in [0.25, 0.3) is 0 Å². The highest BCUT2D eigenvalue weighted by molar-refractivity contribution is 6.31. The number of nitrogens with zero attached hydrogens (tertiary/aromatic N) is 1. The molecule has 1 atom stereocenters. The van der Waals surface area contributed by atoms with E-state index in [0.717, 1.165) is 25.9 Å². The number of carbonyl (C=O) groups is 1. The predicted molar refractivity (Wildman–Crippen MR) is 93.7 cm³/mol. The first-order valence-corrected chi connectivity index (χ1v) is 8.66. The summed E-state index contributed by atoms with van der Waals surface area (Å²) >= 11 is 6.22. The molecule has 1 N–H and O–H groups in total. The maximum absolute atomic E-state index is 14.4. The molecular weight excluding hydrogens is 346 g/mol. The summed E-state index contributed by atoms with van der Waals surface area (Å²) in [7, 11) is 0. The van der Waals surface area contributed by atoms with Crippen molar-refractivity contribution in [1.29, 1.82) is 0 Å². The first kappa shape index (κ1) is 17.8. The fourth-order valence-electron chi connectivity index (χ4n) is 3.23. The molecule has 6 heteroatoms. The molecule has 3 nitrogen and oxygen atoms in total. The molecule has 1 aliphatic heterocycles. The summed E-state index contributed by atoms with van der Waals surface area (Å²) in [5.74, 6) is -1.50. The van der Waals surface area contributed by atoms with Gasteiger partial charge in [-0.25, -0.2) is 8.78 Å². The lowest BCUT2D eigenvalue weighted by molar-refractivity contribution is 0.0933. The number of likely N-dealkylation sites (tertiary alicyclic amines) is 1. The Labute approximate surface area is 150 Å². The molecule has 3 rings (SSSR count). The number of hydrogen-bond acceptors (Lipinski definition) is 2. The van der Waals surface area contributed by atoms with Gasteiger partial charge in [0.25, 0.3) is 5.91 Å². The molecule has 0 bridgehead atoms. The van der Waals surface area contributed by atoms with Crippen molar-refractivity contribution in [2.75, 3.05) is 19.6 Å². The summed E-state index contributed by atoms with van der Waals surface area (Å²) in [6, 6.07) is 9.96. The van der Waals surface area contributed by atoms with Crippen LogP contribution in [0.15, 0.2) is 42.5 Å². The minimum atomic E-state index is -0.582. The lowest BCUT2D eigenvalue weighted by Crippen LogP contribution is -2.37.